The van der Waals surface area contributed by atoms with E-state index in [-0.39, 0.29) is 11.7 Å². The van der Waals surface area contributed by atoms with Gasteiger partial charge in [-0.2, -0.15) is 0 Å². The Hall–Kier alpha value is -3.41. The van der Waals surface area contributed by atoms with E-state index >= 15 is 0 Å². The molecule has 6 heteroatoms. The molecule has 1 aliphatic rings. The summed E-state index contributed by atoms with van der Waals surface area (Å²) in [5, 5.41) is 2.12. The molecule has 0 unspecified atom stereocenters. The van der Waals surface area contributed by atoms with Crippen LogP contribution in [0.4, 0.5) is 0 Å². The highest BCUT2D eigenvalue weighted by Gasteiger charge is 2.28. The Labute approximate surface area is 185 Å². The number of aromatic nitrogens is 5. The number of nitrogens with one attached hydrogen (secondary N) is 1. The van der Waals surface area contributed by atoms with Gasteiger partial charge in [0.05, 0.1) is 29.3 Å². The van der Waals surface area contributed by atoms with Crippen LogP contribution in [0, 0.1) is 12.8 Å². The van der Waals surface area contributed by atoms with E-state index in [0.717, 1.165) is 50.6 Å². The van der Waals surface area contributed by atoms with Crippen molar-refractivity contribution in [2.75, 3.05) is 0 Å². The Bertz CT molecular complexity index is 1520. The Kier molecular flexibility index (Phi) is 4.42. The first-order valence-electron chi connectivity index (χ1n) is 11.5. The van der Waals surface area contributed by atoms with Gasteiger partial charge in [-0.25, -0.2) is 9.78 Å². The van der Waals surface area contributed by atoms with Crippen LogP contribution in [0.5, 0.6) is 0 Å². The van der Waals surface area contributed by atoms with Gasteiger partial charge in [-0.05, 0) is 55.5 Å². The molecule has 0 saturated heterocycles. The second kappa shape index (κ2) is 7.33. The molecule has 0 bridgehead atoms. The maximum atomic E-state index is 13.9. The number of aromatic amines is 1. The van der Waals surface area contributed by atoms with Gasteiger partial charge in [-0.3, -0.25) is 14.1 Å². The van der Waals surface area contributed by atoms with Gasteiger partial charge in [0.25, 0.3) is 0 Å². The molecule has 1 aromatic carbocycles. The summed E-state index contributed by atoms with van der Waals surface area (Å²) in [6.45, 7) is 4.81. The molecule has 1 N–H and O–H groups in total. The molecule has 4 aromatic heterocycles. The SMILES string of the molecule is Cc1ccc2cc(Cn3c(=O)n([C@H]4CCCC[C@H]4C)c4c5cc[nH]c5ncc43)ccc2n1. The molecule has 6 nitrogen and oxygen atoms in total. The van der Waals surface area contributed by atoms with E-state index in [1.807, 2.05) is 42.1 Å². The van der Waals surface area contributed by atoms with Crippen molar-refractivity contribution in [3.05, 3.63) is 70.5 Å². The number of rotatable bonds is 3. The summed E-state index contributed by atoms with van der Waals surface area (Å²) >= 11 is 0. The predicted octanol–water partition coefficient (Wildman–Crippen LogP) is 5.34. The topological polar surface area (TPSA) is 68.5 Å². The Morgan fingerprint density at radius 3 is 2.88 bits per heavy atom. The molecular weight excluding hydrogens is 398 g/mol. The Morgan fingerprint density at radius 2 is 2.00 bits per heavy atom. The molecule has 32 heavy (non-hydrogen) atoms. The standard InChI is InChI=1S/C26H27N5O/c1-16-5-3-4-6-22(16)31-24-20-11-12-27-25(20)28-14-23(24)30(26(31)32)15-18-8-10-21-19(13-18)9-7-17(2)29-21/h7-14,16,22H,3-6,15H2,1-2H3,(H,27,28)/t16-,22+/m1/s1. The Balaban J connectivity index is 1.55. The Morgan fingerprint density at radius 1 is 1.12 bits per heavy atom. The van der Waals surface area contributed by atoms with Gasteiger partial charge >= 0.3 is 5.69 Å². The van der Waals surface area contributed by atoms with Crippen molar-refractivity contribution in [2.24, 2.45) is 5.92 Å². The van der Waals surface area contributed by atoms with E-state index in [2.05, 4.69) is 44.6 Å². The molecule has 162 valence electrons. The van der Waals surface area contributed by atoms with Crippen molar-refractivity contribution in [2.45, 2.75) is 52.1 Å². The number of imidazole rings is 1. The van der Waals surface area contributed by atoms with E-state index in [1.54, 1.807) is 0 Å². The van der Waals surface area contributed by atoms with Crippen molar-refractivity contribution in [3.8, 4) is 0 Å². The van der Waals surface area contributed by atoms with E-state index < -0.39 is 0 Å². The third kappa shape index (κ3) is 2.97. The lowest BCUT2D eigenvalue weighted by atomic mass is 9.85. The van der Waals surface area contributed by atoms with Crippen LogP contribution < -0.4 is 5.69 Å². The summed E-state index contributed by atoms with van der Waals surface area (Å²) < 4.78 is 3.97. The lowest BCUT2D eigenvalue weighted by molar-refractivity contribution is 0.256. The number of hydrogen-bond donors (Lipinski definition) is 1. The van der Waals surface area contributed by atoms with Gasteiger partial charge in [0, 0.05) is 28.7 Å². The van der Waals surface area contributed by atoms with Crippen LogP contribution in [-0.2, 0) is 6.54 Å². The van der Waals surface area contributed by atoms with Gasteiger partial charge in [0.15, 0.2) is 0 Å². The van der Waals surface area contributed by atoms with Gasteiger partial charge < -0.3 is 4.98 Å². The molecule has 1 aliphatic carbocycles. The number of fused-ring (bicyclic) bond motifs is 4. The van der Waals surface area contributed by atoms with Crippen molar-refractivity contribution >= 4 is 33.0 Å². The third-order valence-electron chi connectivity index (χ3n) is 7.14. The number of benzene rings is 1. The third-order valence-corrected chi connectivity index (χ3v) is 7.14. The molecule has 1 saturated carbocycles. The maximum Gasteiger partial charge on any atom is 0.329 e. The smallest absolute Gasteiger partial charge is 0.329 e. The zero-order valence-electron chi connectivity index (χ0n) is 18.5. The summed E-state index contributed by atoms with van der Waals surface area (Å²) in [6.07, 6.45) is 8.40. The van der Waals surface area contributed by atoms with Crippen molar-refractivity contribution < 1.29 is 0 Å². The number of H-pyrrole nitrogens is 1. The average Bonchev–Trinajstić information content (AvgIpc) is 3.37. The second-order valence-electron chi connectivity index (χ2n) is 9.28. The zero-order chi connectivity index (χ0) is 21.8. The van der Waals surface area contributed by atoms with Gasteiger partial charge in [-0.1, -0.05) is 31.9 Å². The van der Waals surface area contributed by atoms with Crippen LogP contribution in [0.25, 0.3) is 33.0 Å². The molecule has 6 rings (SSSR count). The number of aryl methyl sites for hydroxylation is 1. The number of pyridine rings is 2. The van der Waals surface area contributed by atoms with Gasteiger partial charge in [0.2, 0.25) is 0 Å². The molecule has 0 aliphatic heterocycles. The van der Waals surface area contributed by atoms with Gasteiger partial charge in [-0.15, -0.1) is 0 Å². The molecule has 5 aromatic rings. The van der Waals surface area contributed by atoms with Crippen LogP contribution >= 0.6 is 0 Å². The molecule has 2 atom stereocenters. The zero-order valence-corrected chi connectivity index (χ0v) is 18.5. The first-order valence-corrected chi connectivity index (χ1v) is 11.5. The lowest BCUT2D eigenvalue weighted by Crippen LogP contribution is -2.32. The maximum absolute atomic E-state index is 13.9. The largest absolute Gasteiger partial charge is 0.346 e. The van der Waals surface area contributed by atoms with Crippen LogP contribution in [0.3, 0.4) is 0 Å². The lowest BCUT2D eigenvalue weighted by Gasteiger charge is -2.29. The molecule has 1 fully saturated rings. The van der Waals surface area contributed by atoms with E-state index in [4.69, 9.17) is 0 Å². The summed E-state index contributed by atoms with van der Waals surface area (Å²) in [6, 6.07) is 12.7. The summed E-state index contributed by atoms with van der Waals surface area (Å²) in [4.78, 5) is 26.3. The fraction of sp³-hybridized carbons (Fsp3) is 0.346. The highest BCUT2D eigenvalue weighted by Crippen LogP contribution is 2.36. The molecule has 4 heterocycles. The minimum atomic E-state index is 0.0661. The van der Waals surface area contributed by atoms with E-state index in [0.29, 0.717) is 12.5 Å². The average molecular weight is 426 g/mol. The van der Waals surface area contributed by atoms with Crippen LogP contribution in [0.1, 0.15) is 49.9 Å². The van der Waals surface area contributed by atoms with E-state index in [1.165, 1.54) is 19.3 Å². The second-order valence-corrected chi connectivity index (χ2v) is 9.28. The van der Waals surface area contributed by atoms with Crippen molar-refractivity contribution in [1.29, 1.82) is 0 Å². The highest BCUT2D eigenvalue weighted by molar-refractivity contribution is 6.01. The first-order chi connectivity index (χ1) is 15.6. The van der Waals surface area contributed by atoms with Crippen molar-refractivity contribution in [3.63, 3.8) is 0 Å². The fourth-order valence-electron chi connectivity index (χ4n) is 5.46. The van der Waals surface area contributed by atoms with Crippen LogP contribution in [-0.4, -0.2) is 24.1 Å². The molecular formula is C26H27N5O. The monoisotopic (exact) mass is 425 g/mol. The van der Waals surface area contributed by atoms with Crippen LogP contribution in [0.2, 0.25) is 0 Å². The normalized spacial score (nSPS) is 19.3. The first kappa shape index (κ1) is 19.3. The summed E-state index contributed by atoms with van der Waals surface area (Å²) in [5.41, 5.74) is 5.90. The van der Waals surface area contributed by atoms with Crippen molar-refractivity contribution in [1.82, 2.24) is 24.1 Å². The summed E-state index contributed by atoms with van der Waals surface area (Å²) in [5.74, 6) is 0.484. The number of hydrogen-bond acceptors (Lipinski definition) is 3. The number of nitrogens with zero attached hydrogens (tertiary/aromatic N) is 4. The molecule has 0 radical (unpaired) electrons. The molecule has 0 spiro atoms. The fourth-order valence-corrected chi connectivity index (χ4v) is 5.46. The quantitative estimate of drug-likeness (QED) is 0.424. The summed E-state index contributed by atoms with van der Waals surface area (Å²) in [7, 11) is 0. The highest BCUT2D eigenvalue weighted by atomic mass is 16.1. The molecule has 0 amide bonds. The minimum Gasteiger partial charge on any atom is -0.346 e. The van der Waals surface area contributed by atoms with E-state index in [9.17, 15) is 4.79 Å². The predicted molar refractivity (Wildman–Crippen MR) is 128 cm³/mol. The minimum absolute atomic E-state index is 0.0661. The van der Waals surface area contributed by atoms with Gasteiger partial charge in [0.1, 0.15) is 5.65 Å². The van der Waals surface area contributed by atoms with Crippen LogP contribution in [0.15, 0.2) is 53.6 Å².